The molecule has 0 saturated heterocycles. The first kappa shape index (κ1) is 13.8. The molecule has 2 amide bonds. The maximum absolute atomic E-state index is 11.6. The van der Waals surface area contributed by atoms with Crippen LogP contribution in [0.3, 0.4) is 0 Å². The van der Waals surface area contributed by atoms with Crippen molar-refractivity contribution in [1.29, 1.82) is 0 Å². The molecule has 0 aliphatic carbocycles. The summed E-state index contributed by atoms with van der Waals surface area (Å²) in [6.45, 7) is 3.60. The first-order chi connectivity index (χ1) is 8.54. The number of amides is 2. The van der Waals surface area contributed by atoms with Crippen LogP contribution in [0.25, 0.3) is 0 Å². The lowest BCUT2D eigenvalue weighted by molar-refractivity contribution is -0.140. The molecular formula is C10H15N5O3. The lowest BCUT2D eigenvalue weighted by Crippen LogP contribution is -2.46. The van der Waals surface area contributed by atoms with E-state index in [2.05, 4.69) is 25.8 Å². The van der Waals surface area contributed by atoms with E-state index in [0.29, 0.717) is 6.42 Å². The zero-order chi connectivity index (χ0) is 13.5. The van der Waals surface area contributed by atoms with Gasteiger partial charge in [0.05, 0.1) is 12.4 Å². The number of nitrogens with zero attached hydrogens (tertiary/aromatic N) is 3. The number of urea groups is 1. The Hall–Kier alpha value is -2.25. The van der Waals surface area contributed by atoms with E-state index in [1.165, 1.54) is 12.4 Å². The van der Waals surface area contributed by atoms with Gasteiger partial charge in [-0.3, -0.25) is 5.32 Å². The van der Waals surface area contributed by atoms with Crippen LogP contribution in [0.4, 0.5) is 10.7 Å². The number of nitrogens with one attached hydrogen (secondary N) is 2. The number of hydrogen-bond acceptors (Lipinski definition) is 5. The van der Waals surface area contributed by atoms with Crippen LogP contribution in [0.1, 0.15) is 20.3 Å². The van der Waals surface area contributed by atoms with Gasteiger partial charge in [-0.15, -0.1) is 5.10 Å². The zero-order valence-electron chi connectivity index (χ0n) is 10.1. The molecule has 0 radical (unpaired) electrons. The summed E-state index contributed by atoms with van der Waals surface area (Å²) < 4.78 is 0. The van der Waals surface area contributed by atoms with E-state index in [1.807, 2.05) is 6.92 Å². The van der Waals surface area contributed by atoms with E-state index in [9.17, 15) is 9.59 Å². The first-order valence-corrected chi connectivity index (χ1v) is 5.48. The van der Waals surface area contributed by atoms with Crippen LogP contribution < -0.4 is 10.6 Å². The average molecular weight is 253 g/mol. The smallest absolute Gasteiger partial charge is 0.326 e. The van der Waals surface area contributed by atoms with Gasteiger partial charge in [-0.05, 0) is 5.92 Å². The number of aliphatic carboxylic acids is 1. The van der Waals surface area contributed by atoms with E-state index >= 15 is 0 Å². The number of rotatable bonds is 5. The predicted octanol–water partition coefficient (Wildman–Crippen LogP) is 0.492. The molecule has 8 heteroatoms. The van der Waals surface area contributed by atoms with Gasteiger partial charge < -0.3 is 10.4 Å². The van der Waals surface area contributed by atoms with Gasteiger partial charge in [0.15, 0.2) is 0 Å². The van der Waals surface area contributed by atoms with E-state index in [0.717, 1.165) is 0 Å². The second-order valence-electron chi connectivity index (χ2n) is 3.77. The Morgan fingerprint density at radius 1 is 1.44 bits per heavy atom. The number of hydrogen-bond donors (Lipinski definition) is 3. The van der Waals surface area contributed by atoms with E-state index in [1.54, 1.807) is 6.92 Å². The van der Waals surface area contributed by atoms with Gasteiger partial charge >= 0.3 is 12.0 Å². The summed E-state index contributed by atoms with van der Waals surface area (Å²) in [7, 11) is 0. The van der Waals surface area contributed by atoms with Gasteiger partial charge in [-0.2, -0.15) is 5.10 Å². The van der Waals surface area contributed by atoms with Crippen LogP contribution in [0.15, 0.2) is 12.4 Å². The number of carbonyl (C=O) groups excluding carboxylic acids is 1. The third kappa shape index (κ3) is 3.96. The molecule has 18 heavy (non-hydrogen) atoms. The second-order valence-corrected chi connectivity index (χ2v) is 3.77. The Balaban J connectivity index is 2.60. The summed E-state index contributed by atoms with van der Waals surface area (Å²) in [6, 6.07) is -1.62. The molecule has 0 saturated carbocycles. The van der Waals surface area contributed by atoms with Crippen LogP contribution in [0, 0.1) is 5.92 Å². The third-order valence-electron chi connectivity index (χ3n) is 2.47. The monoisotopic (exact) mass is 253 g/mol. The van der Waals surface area contributed by atoms with Crippen molar-refractivity contribution in [3.8, 4) is 0 Å². The molecule has 3 N–H and O–H groups in total. The standard InChI is InChI=1S/C10H15N5O3/c1-3-6(2)7(8(16)17)13-10(18)14-9-11-4-5-12-15-9/h4-7H,3H2,1-2H3,(H,16,17)(H2,11,13,14,15,18)/t6-,7-/m0/s1. The Morgan fingerprint density at radius 3 is 2.67 bits per heavy atom. The van der Waals surface area contributed by atoms with Crippen LogP contribution in [-0.4, -0.2) is 38.3 Å². The van der Waals surface area contributed by atoms with Crippen LogP contribution in [-0.2, 0) is 4.79 Å². The van der Waals surface area contributed by atoms with Gasteiger partial charge in [0, 0.05) is 0 Å². The quantitative estimate of drug-likeness (QED) is 0.703. The minimum absolute atomic E-state index is 0.0169. The molecule has 0 bridgehead atoms. The van der Waals surface area contributed by atoms with Crippen molar-refractivity contribution in [2.24, 2.45) is 5.92 Å². The van der Waals surface area contributed by atoms with E-state index in [-0.39, 0.29) is 11.9 Å². The molecule has 0 aromatic carbocycles. The molecule has 0 spiro atoms. The summed E-state index contributed by atoms with van der Waals surface area (Å²) in [6.07, 6.45) is 3.37. The molecule has 0 aliphatic heterocycles. The van der Waals surface area contributed by atoms with Gasteiger partial charge in [0.25, 0.3) is 5.95 Å². The minimum Gasteiger partial charge on any atom is -0.480 e. The second kappa shape index (κ2) is 6.48. The maximum atomic E-state index is 11.6. The highest BCUT2D eigenvalue weighted by molar-refractivity contribution is 5.90. The minimum atomic E-state index is -1.08. The van der Waals surface area contributed by atoms with Gasteiger partial charge in [0.1, 0.15) is 6.04 Å². The van der Waals surface area contributed by atoms with E-state index in [4.69, 9.17) is 5.11 Å². The fourth-order valence-electron chi connectivity index (χ4n) is 1.27. The summed E-state index contributed by atoms with van der Waals surface area (Å²) in [5, 5.41) is 20.8. The summed E-state index contributed by atoms with van der Waals surface area (Å²) in [4.78, 5) is 26.3. The normalized spacial score (nSPS) is 13.4. The molecule has 0 aliphatic rings. The molecule has 8 nitrogen and oxygen atoms in total. The maximum Gasteiger partial charge on any atom is 0.326 e. The lowest BCUT2D eigenvalue weighted by atomic mass is 10.00. The van der Waals surface area contributed by atoms with Gasteiger partial charge in [-0.25, -0.2) is 14.6 Å². The van der Waals surface area contributed by atoms with Crippen molar-refractivity contribution in [3.05, 3.63) is 12.4 Å². The fraction of sp³-hybridized carbons (Fsp3) is 0.500. The number of carboxylic acid groups (broad SMARTS) is 1. The predicted molar refractivity (Wildman–Crippen MR) is 62.9 cm³/mol. The molecule has 1 aromatic heterocycles. The topological polar surface area (TPSA) is 117 Å². The molecule has 0 fully saturated rings. The molecular weight excluding hydrogens is 238 g/mol. The lowest BCUT2D eigenvalue weighted by Gasteiger charge is -2.19. The Morgan fingerprint density at radius 2 is 2.17 bits per heavy atom. The zero-order valence-corrected chi connectivity index (χ0v) is 10.1. The highest BCUT2D eigenvalue weighted by Gasteiger charge is 2.25. The number of carbonyl (C=O) groups is 2. The van der Waals surface area contributed by atoms with Crippen molar-refractivity contribution in [2.45, 2.75) is 26.3 Å². The van der Waals surface area contributed by atoms with Crippen LogP contribution >= 0.6 is 0 Å². The third-order valence-corrected chi connectivity index (χ3v) is 2.47. The Kier molecular flexibility index (Phi) is 4.97. The largest absolute Gasteiger partial charge is 0.480 e. The molecule has 1 rings (SSSR count). The fourth-order valence-corrected chi connectivity index (χ4v) is 1.27. The highest BCUT2D eigenvalue weighted by Crippen LogP contribution is 2.08. The van der Waals surface area contributed by atoms with Crippen molar-refractivity contribution in [2.75, 3.05) is 5.32 Å². The molecule has 0 unspecified atom stereocenters. The number of carboxylic acids is 1. The Bertz CT molecular complexity index is 411. The van der Waals surface area contributed by atoms with Gasteiger partial charge in [-0.1, -0.05) is 20.3 Å². The molecule has 1 aromatic rings. The van der Waals surface area contributed by atoms with Crippen LogP contribution in [0.2, 0.25) is 0 Å². The SMILES string of the molecule is CC[C@H](C)[C@H](NC(=O)Nc1nccnn1)C(=O)O. The first-order valence-electron chi connectivity index (χ1n) is 5.48. The number of anilines is 1. The summed E-state index contributed by atoms with van der Waals surface area (Å²) in [5.74, 6) is -1.24. The summed E-state index contributed by atoms with van der Waals surface area (Å²) >= 11 is 0. The van der Waals surface area contributed by atoms with Crippen molar-refractivity contribution < 1.29 is 14.7 Å². The van der Waals surface area contributed by atoms with Crippen molar-refractivity contribution in [1.82, 2.24) is 20.5 Å². The van der Waals surface area contributed by atoms with Crippen molar-refractivity contribution >= 4 is 17.9 Å². The van der Waals surface area contributed by atoms with Crippen LogP contribution in [0.5, 0.6) is 0 Å². The molecule has 1 heterocycles. The summed E-state index contributed by atoms with van der Waals surface area (Å²) in [5.41, 5.74) is 0. The molecule has 2 atom stereocenters. The Labute approximate surface area is 104 Å². The number of aromatic nitrogens is 3. The van der Waals surface area contributed by atoms with Crippen molar-refractivity contribution in [3.63, 3.8) is 0 Å². The molecule has 98 valence electrons. The highest BCUT2D eigenvalue weighted by atomic mass is 16.4. The van der Waals surface area contributed by atoms with E-state index < -0.39 is 18.0 Å². The van der Waals surface area contributed by atoms with Gasteiger partial charge in [0.2, 0.25) is 0 Å². The average Bonchev–Trinajstić information content (AvgIpc) is 2.36.